The van der Waals surface area contributed by atoms with Gasteiger partial charge in [-0.05, 0) is 39.2 Å². The zero-order chi connectivity index (χ0) is 13.0. The largest absolute Gasteiger partial charge is 0.354 e. The van der Waals surface area contributed by atoms with Crippen LogP contribution in [0.1, 0.15) is 11.1 Å². The molecule has 2 aromatic rings. The maximum atomic E-state index is 5.75. The summed E-state index contributed by atoms with van der Waals surface area (Å²) in [6, 6.07) is 12.1. The number of anilines is 1. The minimum Gasteiger partial charge on any atom is -0.354 e. The van der Waals surface area contributed by atoms with E-state index in [1.807, 2.05) is 31.3 Å². The Hall–Kier alpha value is -1.39. The average molecular weight is 306 g/mol. The summed E-state index contributed by atoms with van der Waals surface area (Å²) in [5.74, 6) is 0.935. The number of nitrogens with two attached hydrogens (primary N) is 1. The maximum absolute atomic E-state index is 5.75. The van der Waals surface area contributed by atoms with Gasteiger partial charge in [0.1, 0.15) is 5.82 Å². The first kappa shape index (κ1) is 13.1. The van der Waals surface area contributed by atoms with Gasteiger partial charge in [-0.1, -0.05) is 24.3 Å². The molecular weight excluding hydrogens is 290 g/mol. The summed E-state index contributed by atoms with van der Waals surface area (Å²) in [6.45, 7) is 1.36. The molecule has 0 fully saturated rings. The molecule has 0 aliphatic heterocycles. The van der Waals surface area contributed by atoms with Gasteiger partial charge in [-0.2, -0.15) is 0 Å². The van der Waals surface area contributed by atoms with Crippen molar-refractivity contribution >= 4 is 21.7 Å². The van der Waals surface area contributed by atoms with E-state index in [2.05, 4.69) is 37.9 Å². The summed E-state index contributed by atoms with van der Waals surface area (Å²) in [7, 11) is 2.03. The predicted molar refractivity (Wildman–Crippen MR) is 78.4 cm³/mol. The summed E-state index contributed by atoms with van der Waals surface area (Å²) < 4.78 is 0.998. The molecule has 0 atom stereocenters. The third-order valence-corrected chi connectivity index (χ3v) is 3.47. The van der Waals surface area contributed by atoms with Crippen molar-refractivity contribution in [3.8, 4) is 0 Å². The van der Waals surface area contributed by atoms with E-state index in [0.717, 1.165) is 16.8 Å². The zero-order valence-corrected chi connectivity index (χ0v) is 11.9. The van der Waals surface area contributed by atoms with Crippen molar-refractivity contribution in [3.63, 3.8) is 0 Å². The van der Waals surface area contributed by atoms with Crippen LogP contribution in [0.15, 0.2) is 47.1 Å². The summed E-state index contributed by atoms with van der Waals surface area (Å²) >= 11 is 3.52. The first-order valence-corrected chi connectivity index (χ1v) is 6.60. The van der Waals surface area contributed by atoms with Gasteiger partial charge in [0.25, 0.3) is 0 Å². The van der Waals surface area contributed by atoms with Crippen LogP contribution < -0.4 is 10.6 Å². The van der Waals surface area contributed by atoms with E-state index in [9.17, 15) is 0 Å². The molecule has 1 aromatic heterocycles. The zero-order valence-electron chi connectivity index (χ0n) is 10.3. The van der Waals surface area contributed by atoms with E-state index < -0.39 is 0 Å². The van der Waals surface area contributed by atoms with Gasteiger partial charge in [0.05, 0.1) is 4.47 Å². The van der Waals surface area contributed by atoms with Gasteiger partial charge >= 0.3 is 0 Å². The molecule has 0 bridgehead atoms. The van der Waals surface area contributed by atoms with Crippen molar-refractivity contribution < 1.29 is 0 Å². The number of halogens is 1. The third-order valence-electron chi connectivity index (χ3n) is 2.85. The topological polar surface area (TPSA) is 42.1 Å². The third kappa shape index (κ3) is 2.89. The molecule has 2 rings (SSSR count). The molecule has 0 unspecified atom stereocenters. The van der Waals surface area contributed by atoms with Crippen LogP contribution in [0.3, 0.4) is 0 Å². The summed E-state index contributed by atoms with van der Waals surface area (Å²) in [4.78, 5) is 6.49. The van der Waals surface area contributed by atoms with Crippen LogP contribution in [-0.2, 0) is 13.1 Å². The van der Waals surface area contributed by atoms with Gasteiger partial charge in [0, 0.05) is 26.3 Å². The van der Waals surface area contributed by atoms with Crippen molar-refractivity contribution in [2.45, 2.75) is 13.1 Å². The second kappa shape index (κ2) is 5.98. The molecule has 0 aliphatic carbocycles. The Morgan fingerprint density at radius 3 is 2.56 bits per heavy atom. The SMILES string of the molecule is CN(Cc1ccccc1CN)c1ncccc1Br. The highest BCUT2D eigenvalue weighted by Gasteiger charge is 2.09. The average Bonchev–Trinajstić information content (AvgIpc) is 2.39. The van der Waals surface area contributed by atoms with E-state index >= 15 is 0 Å². The van der Waals surface area contributed by atoms with Crippen LogP contribution in [-0.4, -0.2) is 12.0 Å². The molecule has 0 saturated heterocycles. The van der Waals surface area contributed by atoms with Gasteiger partial charge in [0.15, 0.2) is 0 Å². The summed E-state index contributed by atoms with van der Waals surface area (Å²) in [5, 5.41) is 0. The Labute approximate surface area is 116 Å². The molecule has 4 heteroatoms. The standard InChI is InChI=1S/C14H16BrN3/c1-18(14-13(15)7-4-8-17-14)10-12-6-3-2-5-11(12)9-16/h2-8H,9-10,16H2,1H3. The minimum absolute atomic E-state index is 0.563. The molecule has 0 amide bonds. The first-order chi connectivity index (χ1) is 8.72. The van der Waals surface area contributed by atoms with Crippen LogP contribution in [0.4, 0.5) is 5.82 Å². The van der Waals surface area contributed by atoms with Crippen LogP contribution >= 0.6 is 15.9 Å². The Bertz CT molecular complexity index is 528. The molecule has 0 spiro atoms. The lowest BCUT2D eigenvalue weighted by molar-refractivity contribution is 0.873. The van der Waals surface area contributed by atoms with Crippen molar-refractivity contribution in [3.05, 3.63) is 58.2 Å². The molecule has 18 heavy (non-hydrogen) atoms. The fraction of sp³-hybridized carbons (Fsp3) is 0.214. The lowest BCUT2D eigenvalue weighted by Gasteiger charge is -2.20. The minimum atomic E-state index is 0.563. The highest BCUT2D eigenvalue weighted by Crippen LogP contribution is 2.23. The van der Waals surface area contributed by atoms with Gasteiger partial charge in [0.2, 0.25) is 0 Å². The Kier molecular flexibility index (Phi) is 4.33. The van der Waals surface area contributed by atoms with Gasteiger partial charge in [-0.25, -0.2) is 4.98 Å². The van der Waals surface area contributed by atoms with Gasteiger partial charge < -0.3 is 10.6 Å². The molecule has 3 nitrogen and oxygen atoms in total. The van der Waals surface area contributed by atoms with Crippen LogP contribution in [0.2, 0.25) is 0 Å². The highest BCUT2D eigenvalue weighted by molar-refractivity contribution is 9.10. The van der Waals surface area contributed by atoms with E-state index in [1.165, 1.54) is 11.1 Å². The monoisotopic (exact) mass is 305 g/mol. The number of hydrogen-bond acceptors (Lipinski definition) is 3. The van der Waals surface area contributed by atoms with Crippen molar-refractivity contribution in [2.24, 2.45) is 5.73 Å². The summed E-state index contributed by atoms with van der Waals surface area (Å²) in [6.07, 6.45) is 1.80. The number of rotatable bonds is 4. The number of nitrogens with zero attached hydrogens (tertiary/aromatic N) is 2. The molecule has 1 aromatic carbocycles. The summed E-state index contributed by atoms with van der Waals surface area (Å²) in [5.41, 5.74) is 8.16. The molecule has 0 radical (unpaired) electrons. The lowest BCUT2D eigenvalue weighted by atomic mass is 10.1. The number of benzene rings is 1. The Morgan fingerprint density at radius 2 is 1.89 bits per heavy atom. The number of pyridine rings is 1. The first-order valence-electron chi connectivity index (χ1n) is 5.81. The van der Waals surface area contributed by atoms with E-state index in [0.29, 0.717) is 6.54 Å². The van der Waals surface area contributed by atoms with E-state index in [1.54, 1.807) is 6.20 Å². The van der Waals surface area contributed by atoms with Gasteiger partial charge in [-0.15, -0.1) is 0 Å². The highest BCUT2D eigenvalue weighted by atomic mass is 79.9. The van der Waals surface area contributed by atoms with Crippen LogP contribution in [0, 0.1) is 0 Å². The second-order valence-corrected chi connectivity index (χ2v) is 4.99. The molecule has 1 heterocycles. The molecule has 0 aliphatic rings. The van der Waals surface area contributed by atoms with Crippen molar-refractivity contribution in [1.82, 2.24) is 4.98 Å². The fourth-order valence-corrected chi connectivity index (χ4v) is 2.46. The Morgan fingerprint density at radius 1 is 1.17 bits per heavy atom. The van der Waals surface area contributed by atoms with E-state index in [-0.39, 0.29) is 0 Å². The molecule has 0 saturated carbocycles. The smallest absolute Gasteiger partial charge is 0.142 e. The Balaban J connectivity index is 2.21. The van der Waals surface area contributed by atoms with Crippen LogP contribution in [0.25, 0.3) is 0 Å². The molecular formula is C14H16BrN3. The fourth-order valence-electron chi connectivity index (χ4n) is 1.90. The van der Waals surface area contributed by atoms with Crippen molar-refractivity contribution in [1.29, 1.82) is 0 Å². The lowest BCUT2D eigenvalue weighted by Crippen LogP contribution is -2.19. The van der Waals surface area contributed by atoms with E-state index in [4.69, 9.17) is 5.73 Å². The van der Waals surface area contributed by atoms with Crippen molar-refractivity contribution in [2.75, 3.05) is 11.9 Å². The predicted octanol–water partition coefficient (Wildman–Crippen LogP) is 2.94. The normalized spacial score (nSPS) is 10.4. The number of hydrogen-bond donors (Lipinski definition) is 1. The molecule has 2 N–H and O–H groups in total. The number of aromatic nitrogens is 1. The molecule has 94 valence electrons. The van der Waals surface area contributed by atoms with Gasteiger partial charge in [-0.3, -0.25) is 0 Å². The quantitative estimate of drug-likeness (QED) is 0.944. The van der Waals surface area contributed by atoms with Crippen LogP contribution in [0.5, 0.6) is 0 Å². The second-order valence-electron chi connectivity index (χ2n) is 4.14. The maximum Gasteiger partial charge on any atom is 0.142 e.